The van der Waals surface area contributed by atoms with Gasteiger partial charge in [-0.05, 0) is 18.2 Å². The number of benzene rings is 1. The number of halogens is 2. The van der Waals surface area contributed by atoms with E-state index in [1.165, 1.54) is 6.07 Å². The van der Waals surface area contributed by atoms with Crippen LogP contribution in [0.2, 0.25) is 5.02 Å². The molecule has 0 saturated heterocycles. The van der Waals surface area contributed by atoms with Crippen molar-refractivity contribution in [3.63, 3.8) is 0 Å². The zero-order chi connectivity index (χ0) is 11.8. The molecule has 0 N–H and O–H groups in total. The third-order valence-electron chi connectivity index (χ3n) is 1.76. The Balaban J connectivity index is 2.26. The average molecular weight is 278 g/mol. The van der Waals surface area contributed by atoms with Gasteiger partial charge in [0, 0.05) is 5.02 Å². The summed E-state index contributed by atoms with van der Waals surface area (Å²) in [5, 5.41) is -0.00711. The summed E-state index contributed by atoms with van der Waals surface area (Å²) in [6.07, 6.45) is 1.02. The van der Waals surface area contributed by atoms with E-state index in [1.807, 2.05) is 0 Å². The Labute approximate surface area is 102 Å². The summed E-state index contributed by atoms with van der Waals surface area (Å²) in [7, 11) is -3.77. The first-order chi connectivity index (χ1) is 7.50. The topological polar surface area (TPSA) is 55.7 Å². The van der Waals surface area contributed by atoms with Crippen molar-refractivity contribution in [2.24, 2.45) is 4.99 Å². The molecule has 0 spiro atoms. The molecule has 0 aromatic heterocycles. The highest BCUT2D eigenvalue weighted by molar-refractivity contribution is 8.10. The summed E-state index contributed by atoms with van der Waals surface area (Å²) >= 11 is 11.2. The highest BCUT2D eigenvalue weighted by atomic mass is 35.5. The van der Waals surface area contributed by atoms with Crippen LogP contribution in [0, 0.1) is 0 Å². The fraction of sp³-hybridized carbons (Fsp3) is 0. The molecule has 1 aromatic rings. The van der Waals surface area contributed by atoms with Crippen LogP contribution >= 0.6 is 23.2 Å². The van der Waals surface area contributed by atoms with Crippen LogP contribution in [0.1, 0.15) is 0 Å². The van der Waals surface area contributed by atoms with E-state index in [2.05, 4.69) is 4.99 Å². The summed E-state index contributed by atoms with van der Waals surface area (Å²) in [5.74, 6) is 0.287. The first kappa shape index (κ1) is 11.4. The Morgan fingerprint density at radius 3 is 2.56 bits per heavy atom. The van der Waals surface area contributed by atoms with Crippen molar-refractivity contribution in [2.45, 2.75) is 0 Å². The van der Waals surface area contributed by atoms with Crippen LogP contribution in [0.4, 0.5) is 0 Å². The molecular formula is C9H5Cl2NO3S. The second kappa shape index (κ2) is 4.08. The Kier molecular flexibility index (Phi) is 2.92. The van der Waals surface area contributed by atoms with Gasteiger partial charge in [0.25, 0.3) is 9.84 Å². The van der Waals surface area contributed by atoms with Gasteiger partial charge in [-0.3, -0.25) is 0 Å². The van der Waals surface area contributed by atoms with Crippen molar-refractivity contribution >= 4 is 38.3 Å². The second-order valence-electron chi connectivity index (χ2n) is 2.89. The quantitative estimate of drug-likeness (QED) is 0.793. The minimum absolute atomic E-state index is 0.287. The number of ether oxygens (including phenoxy) is 1. The molecule has 16 heavy (non-hydrogen) atoms. The minimum Gasteiger partial charge on any atom is -0.430 e. The van der Waals surface area contributed by atoms with E-state index in [4.69, 9.17) is 27.9 Å². The van der Waals surface area contributed by atoms with E-state index in [0.29, 0.717) is 5.02 Å². The Bertz CT molecular complexity index is 593. The van der Waals surface area contributed by atoms with Gasteiger partial charge in [-0.25, -0.2) is 13.4 Å². The lowest BCUT2D eigenvalue weighted by molar-refractivity contribution is 0.550. The minimum atomic E-state index is -3.77. The van der Waals surface area contributed by atoms with Gasteiger partial charge in [-0.2, -0.15) is 0 Å². The fourth-order valence-electron chi connectivity index (χ4n) is 1.04. The van der Waals surface area contributed by atoms with Crippen LogP contribution in [-0.2, 0) is 9.84 Å². The molecule has 0 fully saturated rings. The third kappa shape index (κ3) is 2.07. The molecular weight excluding hydrogens is 273 g/mol. The smallest absolute Gasteiger partial charge is 0.321 e. The maximum Gasteiger partial charge on any atom is 0.321 e. The molecule has 1 heterocycles. The first-order valence-corrected chi connectivity index (χ1v) is 6.36. The van der Waals surface area contributed by atoms with Crippen molar-refractivity contribution in [3.05, 3.63) is 39.9 Å². The maximum absolute atomic E-state index is 11.5. The Morgan fingerprint density at radius 2 is 2.00 bits per heavy atom. The Morgan fingerprint density at radius 1 is 1.25 bits per heavy atom. The summed E-state index contributed by atoms with van der Waals surface area (Å²) in [6, 6.07) is 6.32. The second-order valence-corrected chi connectivity index (χ2v) is 5.75. The molecule has 0 unspecified atom stereocenters. The van der Waals surface area contributed by atoms with Crippen LogP contribution in [-0.4, -0.2) is 13.6 Å². The lowest BCUT2D eigenvalue weighted by atomic mass is 10.3. The van der Waals surface area contributed by atoms with Gasteiger partial charge >= 0.3 is 5.23 Å². The molecule has 0 amide bonds. The average Bonchev–Trinajstić information content (AvgIpc) is 2.45. The monoisotopic (exact) mass is 277 g/mol. The van der Waals surface area contributed by atoms with E-state index in [1.54, 1.807) is 18.2 Å². The van der Waals surface area contributed by atoms with Crippen LogP contribution in [0.5, 0.6) is 5.75 Å². The zero-order valence-electron chi connectivity index (χ0n) is 7.72. The van der Waals surface area contributed by atoms with Crippen molar-refractivity contribution in [2.75, 3.05) is 0 Å². The van der Waals surface area contributed by atoms with E-state index >= 15 is 0 Å². The van der Waals surface area contributed by atoms with Crippen LogP contribution in [0.3, 0.4) is 0 Å². The van der Waals surface area contributed by atoms with Crippen molar-refractivity contribution < 1.29 is 13.2 Å². The first-order valence-electron chi connectivity index (χ1n) is 4.12. The summed E-state index contributed by atoms with van der Waals surface area (Å²) < 4.78 is 27.7. The molecule has 2 rings (SSSR count). The molecule has 4 nitrogen and oxygen atoms in total. The molecule has 0 radical (unpaired) electrons. The molecule has 0 bridgehead atoms. The number of aliphatic imine (C=N–C) groups is 1. The van der Waals surface area contributed by atoms with Crippen molar-refractivity contribution in [1.29, 1.82) is 0 Å². The molecule has 7 heteroatoms. The van der Waals surface area contributed by atoms with Gasteiger partial charge in [0.15, 0.2) is 4.36 Å². The SMILES string of the molecule is O=S1(=O)C(Cl)=CN=C1Oc1cccc(Cl)c1. The van der Waals surface area contributed by atoms with E-state index in [0.717, 1.165) is 6.20 Å². The summed E-state index contributed by atoms with van der Waals surface area (Å²) in [5.41, 5.74) is 0. The summed E-state index contributed by atoms with van der Waals surface area (Å²) in [6.45, 7) is 0. The Hall–Kier alpha value is -1.04. The van der Waals surface area contributed by atoms with E-state index in [-0.39, 0.29) is 10.1 Å². The zero-order valence-corrected chi connectivity index (χ0v) is 10.1. The number of sulfone groups is 1. The molecule has 0 atom stereocenters. The third-order valence-corrected chi connectivity index (χ3v) is 3.97. The molecule has 0 aliphatic carbocycles. The maximum atomic E-state index is 11.5. The highest BCUT2D eigenvalue weighted by Gasteiger charge is 2.30. The van der Waals surface area contributed by atoms with Crippen LogP contribution in [0.25, 0.3) is 0 Å². The van der Waals surface area contributed by atoms with Crippen LogP contribution in [0.15, 0.2) is 39.8 Å². The number of hydrogen-bond donors (Lipinski definition) is 0. The van der Waals surface area contributed by atoms with Crippen molar-refractivity contribution in [3.8, 4) is 5.75 Å². The highest BCUT2D eigenvalue weighted by Crippen LogP contribution is 2.24. The van der Waals surface area contributed by atoms with Gasteiger partial charge < -0.3 is 4.74 Å². The molecule has 1 aliphatic rings. The van der Waals surface area contributed by atoms with Gasteiger partial charge in [0.05, 0.1) is 6.20 Å². The standard InChI is InChI=1S/C9H5Cl2NO3S/c10-6-2-1-3-7(4-6)15-9-12-5-8(11)16(9,13)14/h1-5H. The van der Waals surface area contributed by atoms with E-state index < -0.39 is 15.1 Å². The normalized spacial score (nSPS) is 17.9. The largest absolute Gasteiger partial charge is 0.430 e. The number of hydrogen-bond acceptors (Lipinski definition) is 4. The predicted octanol–water partition coefficient (Wildman–Crippen LogP) is 2.54. The van der Waals surface area contributed by atoms with Gasteiger partial charge in [0.2, 0.25) is 0 Å². The fourth-order valence-corrected chi connectivity index (χ4v) is 2.22. The number of rotatable bonds is 1. The lowest BCUT2D eigenvalue weighted by Gasteiger charge is -2.04. The van der Waals surface area contributed by atoms with Crippen molar-refractivity contribution in [1.82, 2.24) is 0 Å². The molecule has 0 saturated carbocycles. The molecule has 1 aliphatic heterocycles. The predicted molar refractivity (Wildman–Crippen MR) is 62.4 cm³/mol. The lowest BCUT2D eigenvalue weighted by Crippen LogP contribution is -2.17. The van der Waals surface area contributed by atoms with E-state index in [9.17, 15) is 8.42 Å². The summed E-state index contributed by atoms with van der Waals surface area (Å²) in [4.78, 5) is 3.56. The van der Waals surface area contributed by atoms with Gasteiger partial charge in [-0.15, -0.1) is 0 Å². The molecule has 1 aromatic carbocycles. The molecule has 84 valence electrons. The number of nitrogens with zero attached hydrogens (tertiary/aromatic N) is 1. The van der Waals surface area contributed by atoms with Crippen LogP contribution < -0.4 is 4.74 Å². The van der Waals surface area contributed by atoms with Gasteiger partial charge in [-0.1, -0.05) is 29.3 Å². The van der Waals surface area contributed by atoms with Gasteiger partial charge in [0.1, 0.15) is 5.75 Å².